The van der Waals surface area contributed by atoms with E-state index in [9.17, 15) is 0 Å². The lowest BCUT2D eigenvalue weighted by Gasteiger charge is -2.28. The van der Waals surface area contributed by atoms with Gasteiger partial charge in [0.2, 0.25) is 34.5 Å². The van der Waals surface area contributed by atoms with Gasteiger partial charge in [-0.05, 0) is 291 Å². The third kappa shape index (κ3) is 17.8. The number of para-hydroxylation sites is 12. The Morgan fingerprint density at radius 2 is 0.167 bits per heavy atom. The van der Waals surface area contributed by atoms with Crippen molar-refractivity contribution in [3.05, 3.63) is 510 Å². The molecule has 19 aromatic rings. The molecular formula is C114H84N6O6. The second-order valence-electron chi connectivity index (χ2n) is 29.6. The zero-order chi connectivity index (χ0) is 84.4. The smallest absolute Gasteiger partial charge is 0.220 e. The largest absolute Gasteiger partial charge is 0.449 e. The van der Waals surface area contributed by atoms with Crippen LogP contribution in [0.3, 0.4) is 0 Å². The van der Waals surface area contributed by atoms with Crippen LogP contribution in [-0.2, 0) is 0 Å². The van der Waals surface area contributed by atoms with E-state index in [0.717, 1.165) is 102 Å². The highest BCUT2D eigenvalue weighted by Gasteiger charge is 2.36. The van der Waals surface area contributed by atoms with Crippen LogP contribution in [0.1, 0.15) is 0 Å². The minimum atomic E-state index is 0.0604. The SMILES string of the molecule is c1ccc(N(c2ccccc2)c2ccc(Oc3c(Oc4ccc(N(c5ccccc5)c5ccccc5)cc4)c(Oc4ccc(N(c5ccccc5)c5ccccc5)cc4)c(Oc4ccc(N(c5ccccc5)c5ccccc5)cc4)c(Oc4ccc(N(c5ccccc5)c5ccccc5)cc4)c3Oc3ccc(N(c4ccccc4)c4ccccc4)cc3)cc2)cc1. The van der Waals surface area contributed by atoms with Crippen LogP contribution in [0.5, 0.6) is 69.0 Å². The summed E-state index contributed by atoms with van der Waals surface area (Å²) in [6.45, 7) is 0. The summed E-state index contributed by atoms with van der Waals surface area (Å²) in [5, 5.41) is 0. The topological polar surface area (TPSA) is 74.8 Å². The summed E-state index contributed by atoms with van der Waals surface area (Å²) < 4.78 is 46.5. The number of nitrogens with zero attached hydrogens (tertiary/aromatic N) is 6. The lowest BCUT2D eigenvalue weighted by molar-refractivity contribution is 0.326. The third-order valence-electron chi connectivity index (χ3n) is 21.3. The maximum Gasteiger partial charge on any atom is 0.220 e. The van der Waals surface area contributed by atoms with Crippen LogP contribution in [0.4, 0.5) is 102 Å². The summed E-state index contributed by atoms with van der Waals surface area (Å²) in [7, 11) is 0. The molecule has 126 heavy (non-hydrogen) atoms. The summed E-state index contributed by atoms with van der Waals surface area (Å²) in [6.07, 6.45) is 0. The zero-order valence-electron chi connectivity index (χ0n) is 68.6. The Labute approximate surface area is 734 Å². The van der Waals surface area contributed by atoms with Crippen LogP contribution in [0.25, 0.3) is 0 Å². The number of anilines is 18. The van der Waals surface area contributed by atoms with Gasteiger partial charge >= 0.3 is 0 Å². The summed E-state index contributed by atoms with van der Waals surface area (Å²) >= 11 is 0. The first-order chi connectivity index (χ1) is 62.5. The average molecular weight is 1630 g/mol. The second-order valence-corrected chi connectivity index (χ2v) is 29.6. The number of rotatable bonds is 30. The molecule has 0 bridgehead atoms. The first-order valence-corrected chi connectivity index (χ1v) is 41.8. The van der Waals surface area contributed by atoms with Crippen molar-refractivity contribution in [2.45, 2.75) is 0 Å². The number of ether oxygens (including phenoxy) is 6. The first kappa shape index (κ1) is 78.6. The van der Waals surface area contributed by atoms with Gasteiger partial charge in [-0.2, -0.15) is 0 Å². The fraction of sp³-hybridized carbons (Fsp3) is 0. The van der Waals surface area contributed by atoms with Gasteiger partial charge in [0.05, 0.1) is 0 Å². The van der Waals surface area contributed by atoms with E-state index in [0.29, 0.717) is 34.5 Å². The number of hydrogen-bond donors (Lipinski definition) is 0. The van der Waals surface area contributed by atoms with Crippen molar-refractivity contribution in [1.82, 2.24) is 0 Å². The quantitative estimate of drug-likeness (QED) is 0.0430. The lowest BCUT2D eigenvalue weighted by Crippen LogP contribution is -2.10. The Morgan fingerprint density at radius 1 is 0.0873 bits per heavy atom. The standard InChI is InChI=1S/C114H84N6O6/c1-13-37-85(38-14-1)115(86-39-15-2-16-40-86)97-61-73-103(74-62-97)121-109-110(122-104-75-63-98(64-76-104)116(87-41-17-3-18-42-87)88-43-19-4-20-44-88)112(124-106-79-67-100(68-80-106)118(91-49-25-7-26-50-91)92-51-27-8-28-52-92)114(126-108-83-71-102(72-84-108)120(95-57-33-11-34-58-95)96-59-35-12-36-60-96)113(125-107-81-69-101(70-82-107)119(93-53-29-9-30-54-93)94-55-31-10-32-56-94)111(109)123-105-77-65-99(66-78-105)117(89-45-21-5-22-46-89)90-47-23-6-24-48-90/h1-84H. The minimum absolute atomic E-state index is 0.0604. The van der Waals surface area contributed by atoms with Gasteiger partial charge in [0.1, 0.15) is 34.5 Å². The van der Waals surface area contributed by atoms with Crippen LogP contribution in [0.2, 0.25) is 0 Å². The van der Waals surface area contributed by atoms with Gasteiger partial charge in [0.25, 0.3) is 0 Å². The fourth-order valence-corrected chi connectivity index (χ4v) is 15.5. The summed E-state index contributed by atoms with van der Waals surface area (Å²) in [5.41, 5.74) is 16.8. The van der Waals surface area contributed by atoms with Crippen molar-refractivity contribution in [3.63, 3.8) is 0 Å². The minimum Gasteiger partial charge on any atom is -0.449 e. The predicted molar refractivity (Wildman–Crippen MR) is 514 cm³/mol. The lowest BCUT2D eigenvalue weighted by atomic mass is 10.1. The van der Waals surface area contributed by atoms with Crippen molar-refractivity contribution < 1.29 is 28.4 Å². The molecule has 606 valence electrons. The van der Waals surface area contributed by atoms with E-state index in [2.05, 4.69) is 175 Å². The number of benzene rings is 19. The molecule has 0 aliphatic carbocycles. The van der Waals surface area contributed by atoms with Gasteiger partial charge in [-0.15, -0.1) is 0 Å². The molecule has 0 aliphatic rings. The highest BCUT2D eigenvalue weighted by molar-refractivity contribution is 5.85. The molecule has 0 aliphatic heterocycles. The monoisotopic (exact) mass is 1630 g/mol. The summed E-state index contributed by atoms with van der Waals surface area (Å²) in [6, 6.07) is 172. The Hall–Kier alpha value is -17.2. The first-order valence-electron chi connectivity index (χ1n) is 41.8. The van der Waals surface area contributed by atoms with Crippen molar-refractivity contribution >= 4 is 102 Å². The Morgan fingerprint density at radius 3 is 0.254 bits per heavy atom. The van der Waals surface area contributed by atoms with E-state index in [1.54, 1.807) is 0 Å². The molecule has 0 unspecified atom stereocenters. The predicted octanol–water partition coefficient (Wildman–Crippen LogP) is 33.3. The van der Waals surface area contributed by atoms with E-state index in [-0.39, 0.29) is 34.5 Å². The molecule has 19 rings (SSSR count). The van der Waals surface area contributed by atoms with Crippen LogP contribution in [-0.4, -0.2) is 0 Å². The van der Waals surface area contributed by atoms with Crippen LogP contribution in [0, 0.1) is 0 Å². The van der Waals surface area contributed by atoms with Crippen LogP contribution >= 0.6 is 0 Å². The molecule has 0 saturated heterocycles. The van der Waals surface area contributed by atoms with Crippen LogP contribution < -0.4 is 57.8 Å². The molecule has 0 N–H and O–H groups in total. The Kier molecular flexibility index (Phi) is 23.5. The molecule has 0 saturated carbocycles. The number of hydrogen-bond acceptors (Lipinski definition) is 12. The van der Waals surface area contributed by atoms with E-state index >= 15 is 0 Å². The molecule has 0 amide bonds. The Bertz CT molecular complexity index is 5360. The van der Waals surface area contributed by atoms with Gasteiger partial charge < -0.3 is 57.8 Å². The molecule has 0 spiro atoms. The molecular weight excluding hydrogens is 1550 g/mol. The average Bonchev–Trinajstić information content (AvgIpc) is 0.742. The van der Waals surface area contributed by atoms with Crippen molar-refractivity contribution in [2.24, 2.45) is 0 Å². The Balaban J connectivity index is 0.863. The zero-order valence-corrected chi connectivity index (χ0v) is 68.6. The van der Waals surface area contributed by atoms with Crippen molar-refractivity contribution in [3.8, 4) is 69.0 Å². The van der Waals surface area contributed by atoms with E-state index in [1.807, 2.05) is 364 Å². The summed E-state index contributed by atoms with van der Waals surface area (Å²) in [5.74, 6) is 2.80. The second kappa shape index (κ2) is 37.6. The molecule has 0 atom stereocenters. The molecule has 12 nitrogen and oxygen atoms in total. The van der Waals surface area contributed by atoms with E-state index in [1.165, 1.54) is 0 Å². The van der Waals surface area contributed by atoms with Crippen molar-refractivity contribution in [2.75, 3.05) is 29.4 Å². The maximum atomic E-state index is 7.75. The van der Waals surface area contributed by atoms with E-state index in [4.69, 9.17) is 28.4 Å². The van der Waals surface area contributed by atoms with Gasteiger partial charge in [0.15, 0.2) is 0 Å². The van der Waals surface area contributed by atoms with Gasteiger partial charge in [-0.25, -0.2) is 0 Å². The van der Waals surface area contributed by atoms with Gasteiger partial charge in [0, 0.05) is 102 Å². The normalized spacial score (nSPS) is 10.9. The highest BCUT2D eigenvalue weighted by atomic mass is 16.6. The molecule has 0 radical (unpaired) electrons. The molecule has 12 heteroatoms. The van der Waals surface area contributed by atoms with Crippen molar-refractivity contribution in [1.29, 1.82) is 0 Å². The summed E-state index contributed by atoms with van der Waals surface area (Å²) in [4.78, 5) is 13.2. The van der Waals surface area contributed by atoms with Gasteiger partial charge in [-0.1, -0.05) is 218 Å². The molecule has 0 aromatic heterocycles. The fourth-order valence-electron chi connectivity index (χ4n) is 15.5. The third-order valence-corrected chi connectivity index (χ3v) is 21.3. The maximum absolute atomic E-state index is 7.75. The van der Waals surface area contributed by atoms with Gasteiger partial charge in [-0.3, -0.25) is 0 Å². The molecule has 0 heterocycles. The van der Waals surface area contributed by atoms with Crippen LogP contribution in [0.15, 0.2) is 510 Å². The highest BCUT2D eigenvalue weighted by Crippen LogP contribution is 2.64. The molecule has 0 fully saturated rings. The van der Waals surface area contributed by atoms with E-state index < -0.39 is 0 Å². The molecule has 19 aromatic carbocycles.